The van der Waals surface area contributed by atoms with Crippen molar-refractivity contribution in [3.8, 4) is 5.75 Å². The van der Waals surface area contributed by atoms with E-state index < -0.39 is 54.9 Å². The maximum absolute atomic E-state index is 13.2. The number of benzene rings is 2. The van der Waals surface area contributed by atoms with Crippen LogP contribution in [0.2, 0.25) is 5.02 Å². The van der Waals surface area contributed by atoms with Crippen molar-refractivity contribution in [3.05, 3.63) is 58.1 Å². The molecule has 0 spiro atoms. The molecule has 0 bridgehead atoms. The highest BCUT2D eigenvalue weighted by molar-refractivity contribution is 6.30. The van der Waals surface area contributed by atoms with E-state index >= 15 is 0 Å². The largest absolute Gasteiger partial charge is 0.508 e. The number of phenolic OH excluding ortho intramolecular Hbond substituents is 1. The fourth-order valence-electron chi connectivity index (χ4n) is 3.49. The molecule has 11 nitrogen and oxygen atoms in total. The van der Waals surface area contributed by atoms with Gasteiger partial charge >= 0.3 is 5.97 Å². The summed E-state index contributed by atoms with van der Waals surface area (Å²) in [5.41, 5.74) is -0.214. The lowest BCUT2D eigenvalue weighted by Crippen LogP contribution is -2.42. The predicted octanol–water partition coefficient (Wildman–Crippen LogP) is 2.12. The molecule has 0 saturated carbocycles. The first kappa shape index (κ1) is 28.5. The Balaban J connectivity index is 1.67. The highest BCUT2D eigenvalue weighted by atomic mass is 35.5. The van der Waals surface area contributed by atoms with E-state index in [-0.39, 0.29) is 35.0 Å². The zero-order chi connectivity index (χ0) is 27.8. The SMILES string of the molecule is O=C(CNC(=O)c1cc(O)cc(NC2=NCC(O)CN2)c1)NC(CC(=O)OF)c1cc(Cl)cc(C(F)F)c1. The molecule has 15 heteroatoms. The average molecular weight is 558 g/mol. The first-order valence-corrected chi connectivity index (χ1v) is 11.5. The first-order chi connectivity index (χ1) is 18.0. The number of amides is 2. The van der Waals surface area contributed by atoms with E-state index in [1.807, 2.05) is 0 Å². The second-order valence-corrected chi connectivity index (χ2v) is 8.63. The number of carbonyl (C=O) groups is 3. The van der Waals surface area contributed by atoms with Crippen molar-refractivity contribution in [2.45, 2.75) is 25.0 Å². The number of halogens is 4. The van der Waals surface area contributed by atoms with Gasteiger partial charge in [0.05, 0.1) is 31.7 Å². The minimum Gasteiger partial charge on any atom is -0.508 e. The van der Waals surface area contributed by atoms with Crippen LogP contribution < -0.4 is 21.3 Å². The summed E-state index contributed by atoms with van der Waals surface area (Å²) in [6.45, 7) is -0.193. The van der Waals surface area contributed by atoms with E-state index in [0.717, 1.165) is 18.2 Å². The number of nitrogens with one attached hydrogen (secondary N) is 4. The van der Waals surface area contributed by atoms with E-state index in [4.69, 9.17) is 11.6 Å². The lowest BCUT2D eigenvalue weighted by atomic mass is 10.0. The van der Waals surface area contributed by atoms with E-state index in [1.54, 1.807) is 0 Å². The van der Waals surface area contributed by atoms with E-state index in [0.29, 0.717) is 11.6 Å². The summed E-state index contributed by atoms with van der Waals surface area (Å²) in [6, 6.07) is 5.77. The molecule has 2 atom stereocenters. The van der Waals surface area contributed by atoms with Crippen LogP contribution in [0, 0.1) is 0 Å². The van der Waals surface area contributed by atoms with Gasteiger partial charge in [-0.3, -0.25) is 19.5 Å². The number of phenols is 1. The number of aromatic hydroxyl groups is 1. The van der Waals surface area contributed by atoms with Crippen molar-refractivity contribution in [2.75, 3.05) is 25.0 Å². The van der Waals surface area contributed by atoms with Gasteiger partial charge in [0.2, 0.25) is 5.91 Å². The van der Waals surface area contributed by atoms with Crippen LogP contribution in [-0.4, -0.2) is 59.7 Å². The second-order valence-electron chi connectivity index (χ2n) is 8.19. The number of aliphatic imine (C=N–C) groups is 1. The average Bonchev–Trinajstić information content (AvgIpc) is 2.87. The molecule has 0 aromatic heterocycles. The summed E-state index contributed by atoms with van der Waals surface area (Å²) < 4.78 is 38.7. The minimum atomic E-state index is -2.90. The molecule has 2 aromatic rings. The van der Waals surface area contributed by atoms with Crippen LogP contribution in [0.5, 0.6) is 5.75 Å². The first-order valence-electron chi connectivity index (χ1n) is 11.1. The van der Waals surface area contributed by atoms with Crippen LogP contribution in [-0.2, 0) is 14.5 Å². The number of hydrogen-bond acceptors (Lipinski definition) is 9. The molecule has 1 heterocycles. The number of guanidine groups is 1. The second kappa shape index (κ2) is 13.0. The molecule has 1 aliphatic heterocycles. The predicted molar refractivity (Wildman–Crippen MR) is 129 cm³/mol. The Kier molecular flexibility index (Phi) is 9.73. The molecule has 2 aromatic carbocycles. The highest BCUT2D eigenvalue weighted by Crippen LogP contribution is 2.28. The van der Waals surface area contributed by atoms with Gasteiger partial charge in [-0.15, -0.1) is 0 Å². The number of hydrogen-bond donors (Lipinski definition) is 6. The van der Waals surface area contributed by atoms with E-state index in [9.17, 15) is 37.9 Å². The summed E-state index contributed by atoms with van der Waals surface area (Å²) in [7, 11) is 0. The quantitative estimate of drug-likeness (QED) is 0.273. The summed E-state index contributed by atoms with van der Waals surface area (Å²) in [6.07, 6.45) is -4.27. The third-order valence-corrected chi connectivity index (χ3v) is 5.42. The summed E-state index contributed by atoms with van der Waals surface area (Å²) in [4.78, 5) is 43.8. The summed E-state index contributed by atoms with van der Waals surface area (Å²) in [5.74, 6) is -2.91. The van der Waals surface area contributed by atoms with Gasteiger partial charge < -0.3 is 31.5 Å². The smallest absolute Gasteiger partial charge is 0.351 e. The fraction of sp³-hybridized carbons (Fsp3) is 0.304. The van der Waals surface area contributed by atoms with Crippen LogP contribution in [0.1, 0.15) is 40.4 Å². The Labute approximate surface area is 218 Å². The monoisotopic (exact) mass is 557 g/mol. The molecule has 0 radical (unpaired) electrons. The van der Waals surface area contributed by atoms with Crippen molar-refractivity contribution in [1.82, 2.24) is 16.0 Å². The number of carbonyl (C=O) groups excluding carboxylic acids is 3. The zero-order valence-electron chi connectivity index (χ0n) is 19.5. The number of aliphatic hydroxyl groups excluding tert-OH is 1. The van der Waals surface area contributed by atoms with Crippen LogP contribution in [0.3, 0.4) is 0 Å². The number of rotatable bonds is 9. The van der Waals surface area contributed by atoms with Crippen LogP contribution >= 0.6 is 11.6 Å². The molecule has 6 N–H and O–H groups in total. The molecule has 204 valence electrons. The van der Waals surface area contributed by atoms with Crippen LogP contribution in [0.15, 0.2) is 41.4 Å². The van der Waals surface area contributed by atoms with Crippen molar-refractivity contribution in [1.29, 1.82) is 0 Å². The normalized spacial score (nSPS) is 15.6. The van der Waals surface area contributed by atoms with E-state index in [2.05, 4.69) is 31.2 Å². The summed E-state index contributed by atoms with van der Waals surface area (Å²) in [5, 5.41) is 29.7. The number of anilines is 1. The van der Waals surface area contributed by atoms with Crippen molar-refractivity contribution in [2.24, 2.45) is 4.99 Å². The lowest BCUT2D eigenvalue weighted by Gasteiger charge is -2.20. The van der Waals surface area contributed by atoms with Gasteiger partial charge in [-0.25, -0.2) is 13.6 Å². The Morgan fingerprint density at radius 2 is 1.89 bits per heavy atom. The standard InChI is InChI=1S/C23H23ClF3N5O6/c24-14-2-11(1-12(3-14)21(25)26)18(7-20(36)38-27)32-19(35)10-28-22(37)13-4-15(6-16(33)5-13)31-23-29-8-17(34)9-30-23/h1-6,17-18,21,33-34H,7-10H2,(H,28,37)(H,32,35)(H2,29,30,31). The van der Waals surface area contributed by atoms with Gasteiger partial charge in [-0.2, -0.15) is 0 Å². The topological polar surface area (TPSA) is 161 Å². The molecule has 0 fully saturated rings. The van der Waals surface area contributed by atoms with Gasteiger partial charge in [0.1, 0.15) is 5.75 Å². The molecule has 0 aliphatic carbocycles. The Hall–Kier alpha value is -4.04. The van der Waals surface area contributed by atoms with Crippen molar-refractivity contribution in [3.63, 3.8) is 0 Å². The highest BCUT2D eigenvalue weighted by Gasteiger charge is 2.23. The third kappa shape index (κ3) is 8.24. The number of aliphatic hydroxyl groups is 1. The summed E-state index contributed by atoms with van der Waals surface area (Å²) >= 11 is 5.87. The Morgan fingerprint density at radius 3 is 2.55 bits per heavy atom. The van der Waals surface area contributed by atoms with Crippen molar-refractivity contribution >= 4 is 41.0 Å². The minimum absolute atomic E-state index is 0.00618. The molecule has 38 heavy (non-hydrogen) atoms. The Bertz CT molecular complexity index is 1230. The van der Waals surface area contributed by atoms with Gasteiger partial charge in [-0.1, -0.05) is 11.6 Å². The molecule has 2 unspecified atom stereocenters. The van der Waals surface area contributed by atoms with Gasteiger partial charge in [0, 0.05) is 39.0 Å². The molecule has 1 aliphatic rings. The third-order valence-electron chi connectivity index (χ3n) is 5.21. The van der Waals surface area contributed by atoms with Gasteiger partial charge in [0.15, 0.2) is 5.96 Å². The molecule has 2 amide bonds. The lowest BCUT2D eigenvalue weighted by molar-refractivity contribution is -0.184. The van der Waals surface area contributed by atoms with Crippen LogP contribution in [0.4, 0.5) is 19.0 Å². The maximum atomic E-state index is 13.2. The molecule has 3 rings (SSSR count). The molecular formula is C23H23ClF3N5O6. The Morgan fingerprint density at radius 1 is 1.16 bits per heavy atom. The fourth-order valence-corrected chi connectivity index (χ4v) is 3.74. The zero-order valence-corrected chi connectivity index (χ0v) is 20.3. The molecular weight excluding hydrogens is 535 g/mol. The maximum Gasteiger partial charge on any atom is 0.351 e. The van der Waals surface area contributed by atoms with Gasteiger partial charge in [-0.05, 0) is 35.9 Å². The number of alkyl halides is 2. The number of nitrogens with zero attached hydrogens (tertiary/aromatic N) is 1. The van der Waals surface area contributed by atoms with E-state index in [1.165, 1.54) is 18.2 Å². The molecule has 0 saturated heterocycles. The van der Waals surface area contributed by atoms with Gasteiger partial charge in [0.25, 0.3) is 12.3 Å². The van der Waals surface area contributed by atoms with Crippen LogP contribution in [0.25, 0.3) is 0 Å². The number of β-amino-alcohol motifs (C(OH)–C–C–N with tert-alkyl or cyclic N) is 1. The van der Waals surface area contributed by atoms with Crippen molar-refractivity contribution < 1.29 is 42.8 Å².